The standard InChI is InChI=1S/C21H27N3O3S/c25-21(23-13-11-15-6-1-2-7-16(15)14-23)18-9-5-12-24(18)20-17-8-3-4-10-19(17)28(26,27)22-20/h3-4,8,10,15-16,18H,1-2,5-7,9,11-14H2/t15-,16-,18+/m1/s1. The van der Waals surface area contributed by atoms with Crippen LogP contribution in [-0.4, -0.2) is 55.6 Å². The first-order valence-corrected chi connectivity index (χ1v) is 12.0. The van der Waals surface area contributed by atoms with Gasteiger partial charge in [0.2, 0.25) is 5.91 Å². The maximum Gasteiger partial charge on any atom is 0.285 e. The summed E-state index contributed by atoms with van der Waals surface area (Å²) < 4.78 is 29.0. The molecular weight excluding hydrogens is 374 g/mol. The van der Waals surface area contributed by atoms with Gasteiger partial charge in [-0.05, 0) is 49.7 Å². The van der Waals surface area contributed by atoms with Gasteiger partial charge in [-0.2, -0.15) is 8.42 Å². The summed E-state index contributed by atoms with van der Waals surface area (Å²) in [7, 11) is -3.66. The quantitative estimate of drug-likeness (QED) is 0.725. The highest BCUT2D eigenvalue weighted by Crippen LogP contribution is 2.37. The van der Waals surface area contributed by atoms with E-state index in [-0.39, 0.29) is 16.8 Å². The summed E-state index contributed by atoms with van der Waals surface area (Å²) in [5.41, 5.74) is 0.633. The number of carbonyl (C=O) groups is 1. The maximum atomic E-state index is 13.4. The Hall–Kier alpha value is -1.89. The summed E-state index contributed by atoms with van der Waals surface area (Å²) in [6, 6.07) is 6.65. The van der Waals surface area contributed by atoms with E-state index < -0.39 is 10.0 Å². The largest absolute Gasteiger partial charge is 0.343 e. The minimum absolute atomic E-state index is 0.158. The van der Waals surface area contributed by atoms with Crippen molar-refractivity contribution in [1.29, 1.82) is 0 Å². The number of hydrogen-bond acceptors (Lipinski definition) is 4. The number of carbonyl (C=O) groups excluding carboxylic acids is 1. The molecule has 150 valence electrons. The minimum atomic E-state index is -3.66. The van der Waals surface area contributed by atoms with Gasteiger partial charge in [-0.3, -0.25) is 4.79 Å². The van der Waals surface area contributed by atoms with E-state index in [4.69, 9.17) is 0 Å². The van der Waals surface area contributed by atoms with Crippen LogP contribution in [0.15, 0.2) is 33.6 Å². The lowest BCUT2D eigenvalue weighted by molar-refractivity contribution is -0.138. The molecule has 3 fully saturated rings. The molecule has 1 saturated carbocycles. The first-order valence-electron chi connectivity index (χ1n) is 10.5. The van der Waals surface area contributed by atoms with E-state index in [0.29, 0.717) is 23.9 Å². The van der Waals surface area contributed by atoms with Crippen molar-refractivity contribution >= 4 is 21.8 Å². The Labute approximate surface area is 166 Å². The van der Waals surface area contributed by atoms with Gasteiger partial charge in [0.05, 0.1) is 0 Å². The smallest absolute Gasteiger partial charge is 0.285 e. The molecule has 1 aromatic carbocycles. The van der Waals surface area contributed by atoms with Crippen LogP contribution in [0.4, 0.5) is 0 Å². The summed E-state index contributed by atoms with van der Waals surface area (Å²) in [4.78, 5) is 17.6. The molecule has 28 heavy (non-hydrogen) atoms. The number of likely N-dealkylation sites (tertiary alicyclic amines) is 2. The normalized spacial score (nSPS) is 31.3. The number of nitrogens with zero attached hydrogens (tertiary/aromatic N) is 3. The van der Waals surface area contributed by atoms with Gasteiger partial charge >= 0.3 is 0 Å². The Morgan fingerprint density at radius 2 is 1.75 bits per heavy atom. The molecule has 0 bridgehead atoms. The molecule has 1 amide bonds. The van der Waals surface area contributed by atoms with Gasteiger partial charge in [-0.25, -0.2) is 0 Å². The van der Waals surface area contributed by atoms with Crippen molar-refractivity contribution in [2.24, 2.45) is 16.2 Å². The second kappa shape index (κ2) is 6.87. The van der Waals surface area contributed by atoms with E-state index in [9.17, 15) is 13.2 Å². The third kappa shape index (κ3) is 2.95. The third-order valence-electron chi connectivity index (χ3n) is 7.03. The average Bonchev–Trinajstić information content (AvgIpc) is 3.30. The zero-order chi connectivity index (χ0) is 19.3. The highest BCUT2D eigenvalue weighted by molar-refractivity contribution is 7.90. The molecule has 3 aliphatic heterocycles. The minimum Gasteiger partial charge on any atom is -0.343 e. The SMILES string of the molecule is O=C([C@@H]1CCCN1C1=NS(=O)(=O)c2ccccc21)N1CC[C@H]2CCCC[C@@H]2C1. The molecular formula is C21H27N3O3S. The number of fused-ring (bicyclic) bond motifs is 2. The molecule has 3 heterocycles. The molecule has 0 N–H and O–H groups in total. The van der Waals surface area contributed by atoms with Crippen molar-refractivity contribution in [3.63, 3.8) is 0 Å². The summed E-state index contributed by atoms with van der Waals surface area (Å²) >= 11 is 0. The van der Waals surface area contributed by atoms with Crippen LogP contribution in [0.1, 0.15) is 50.5 Å². The predicted molar refractivity (Wildman–Crippen MR) is 107 cm³/mol. The van der Waals surface area contributed by atoms with Crippen molar-refractivity contribution in [2.75, 3.05) is 19.6 Å². The number of amides is 1. The van der Waals surface area contributed by atoms with E-state index in [2.05, 4.69) is 4.40 Å². The van der Waals surface area contributed by atoms with Gasteiger partial charge < -0.3 is 9.80 Å². The van der Waals surface area contributed by atoms with E-state index in [1.54, 1.807) is 18.2 Å². The second-order valence-corrected chi connectivity index (χ2v) is 10.2. The van der Waals surface area contributed by atoms with Crippen LogP contribution in [0.3, 0.4) is 0 Å². The van der Waals surface area contributed by atoms with Gasteiger partial charge in [0.25, 0.3) is 10.0 Å². The Morgan fingerprint density at radius 1 is 0.964 bits per heavy atom. The number of rotatable bonds is 1. The molecule has 3 atom stereocenters. The van der Waals surface area contributed by atoms with Gasteiger partial charge in [0.15, 0.2) is 5.84 Å². The zero-order valence-corrected chi connectivity index (χ0v) is 16.9. The van der Waals surface area contributed by atoms with E-state index in [1.165, 1.54) is 25.7 Å². The Kier molecular flexibility index (Phi) is 4.45. The van der Waals surface area contributed by atoms with Crippen molar-refractivity contribution in [1.82, 2.24) is 9.80 Å². The molecule has 0 aromatic heterocycles. The molecule has 1 aromatic rings. The van der Waals surface area contributed by atoms with E-state index >= 15 is 0 Å². The van der Waals surface area contributed by atoms with E-state index in [0.717, 1.165) is 38.3 Å². The van der Waals surface area contributed by atoms with Crippen molar-refractivity contribution in [2.45, 2.75) is 55.9 Å². The van der Waals surface area contributed by atoms with Crippen LogP contribution < -0.4 is 0 Å². The van der Waals surface area contributed by atoms with Crippen molar-refractivity contribution in [3.8, 4) is 0 Å². The predicted octanol–water partition coefficient (Wildman–Crippen LogP) is 2.64. The summed E-state index contributed by atoms with van der Waals surface area (Å²) in [6.45, 7) is 2.39. The lowest BCUT2D eigenvalue weighted by Gasteiger charge is -2.42. The van der Waals surface area contributed by atoms with Crippen molar-refractivity contribution < 1.29 is 13.2 Å². The highest BCUT2D eigenvalue weighted by atomic mass is 32.2. The summed E-state index contributed by atoms with van der Waals surface area (Å²) in [5, 5.41) is 0. The Balaban J connectivity index is 1.38. The van der Waals surface area contributed by atoms with Crippen LogP contribution in [0.2, 0.25) is 0 Å². The van der Waals surface area contributed by atoms with Crippen LogP contribution in [-0.2, 0) is 14.8 Å². The topological polar surface area (TPSA) is 70.0 Å². The number of hydrogen-bond donors (Lipinski definition) is 0. The zero-order valence-electron chi connectivity index (χ0n) is 16.1. The molecule has 0 spiro atoms. The molecule has 7 heteroatoms. The Bertz CT molecular complexity index is 927. The summed E-state index contributed by atoms with van der Waals surface area (Å²) in [6.07, 6.45) is 7.93. The lowest BCUT2D eigenvalue weighted by Crippen LogP contribution is -2.52. The molecule has 4 aliphatic rings. The lowest BCUT2D eigenvalue weighted by atomic mass is 9.75. The second-order valence-electron chi connectivity index (χ2n) is 8.62. The molecule has 0 radical (unpaired) electrons. The molecule has 5 rings (SSSR count). The monoisotopic (exact) mass is 401 g/mol. The van der Waals surface area contributed by atoms with Gasteiger partial charge in [0, 0.05) is 25.2 Å². The van der Waals surface area contributed by atoms with Gasteiger partial charge in [0.1, 0.15) is 10.9 Å². The van der Waals surface area contributed by atoms with Crippen LogP contribution in [0.5, 0.6) is 0 Å². The fraction of sp³-hybridized carbons (Fsp3) is 0.619. The fourth-order valence-corrected chi connectivity index (χ4v) is 6.80. The summed E-state index contributed by atoms with van der Waals surface area (Å²) in [5.74, 6) is 2.05. The molecule has 2 saturated heterocycles. The molecule has 0 unspecified atom stereocenters. The first-order chi connectivity index (χ1) is 13.5. The first kappa shape index (κ1) is 18.2. The average molecular weight is 402 g/mol. The molecule has 1 aliphatic carbocycles. The van der Waals surface area contributed by atoms with Crippen LogP contribution in [0.25, 0.3) is 0 Å². The Morgan fingerprint density at radius 3 is 2.61 bits per heavy atom. The molecule has 6 nitrogen and oxygen atoms in total. The third-order valence-corrected chi connectivity index (χ3v) is 8.35. The number of sulfonamides is 1. The fourth-order valence-electron chi connectivity index (χ4n) is 5.58. The number of amidine groups is 1. The maximum absolute atomic E-state index is 13.4. The van der Waals surface area contributed by atoms with E-state index in [1.807, 2.05) is 15.9 Å². The van der Waals surface area contributed by atoms with Gasteiger partial charge in [-0.1, -0.05) is 31.4 Å². The van der Waals surface area contributed by atoms with Gasteiger partial charge in [-0.15, -0.1) is 4.40 Å². The van der Waals surface area contributed by atoms with Crippen LogP contribution in [0, 0.1) is 11.8 Å². The number of benzene rings is 1. The highest BCUT2D eigenvalue weighted by Gasteiger charge is 2.42. The number of piperidine rings is 1. The van der Waals surface area contributed by atoms with Crippen LogP contribution >= 0.6 is 0 Å². The van der Waals surface area contributed by atoms with Crippen molar-refractivity contribution in [3.05, 3.63) is 29.8 Å².